The van der Waals surface area contributed by atoms with Crippen LogP contribution in [0.5, 0.6) is 0 Å². The number of amides is 1. The van der Waals surface area contributed by atoms with Gasteiger partial charge in [-0.25, -0.2) is 4.98 Å². The topological polar surface area (TPSA) is 45.2 Å². The smallest absolute Gasteiger partial charge is 0.252 e. The molecular formula is C25H28ClN3O. The number of rotatable bonds is 5. The molecule has 1 aromatic heterocycles. The monoisotopic (exact) mass is 421 g/mol. The first-order chi connectivity index (χ1) is 14.5. The van der Waals surface area contributed by atoms with Gasteiger partial charge in [-0.2, -0.15) is 0 Å². The van der Waals surface area contributed by atoms with E-state index in [2.05, 4.69) is 24.3 Å². The summed E-state index contributed by atoms with van der Waals surface area (Å²) in [5.41, 5.74) is 3.00. The predicted octanol–water partition coefficient (Wildman–Crippen LogP) is 5.55. The lowest BCUT2D eigenvalue weighted by Crippen LogP contribution is -2.53. The number of hydrogen-bond acceptors (Lipinski definition) is 3. The van der Waals surface area contributed by atoms with E-state index in [1.807, 2.05) is 54.6 Å². The van der Waals surface area contributed by atoms with Crippen molar-refractivity contribution >= 4 is 28.4 Å². The number of carbonyl (C=O) groups is 1. The molecule has 1 aliphatic rings. The van der Waals surface area contributed by atoms with Crippen molar-refractivity contribution in [2.45, 2.75) is 37.6 Å². The Morgan fingerprint density at radius 3 is 2.50 bits per heavy atom. The molecule has 0 saturated heterocycles. The molecule has 1 amide bonds. The third-order valence-electron chi connectivity index (χ3n) is 6.42. The molecule has 3 aromatic rings. The van der Waals surface area contributed by atoms with Gasteiger partial charge in [-0.1, -0.05) is 67.3 Å². The summed E-state index contributed by atoms with van der Waals surface area (Å²) in [5, 5.41) is 4.72. The number of nitrogens with zero attached hydrogens (tertiary/aromatic N) is 2. The SMILES string of the molecule is CN(C)C1(CNC(=O)c2cc(-c3ccccc3Cl)nc3ccccc23)CCCCC1. The van der Waals surface area contributed by atoms with Gasteiger partial charge in [0.1, 0.15) is 0 Å². The van der Waals surface area contributed by atoms with Crippen LogP contribution in [0.1, 0.15) is 42.5 Å². The van der Waals surface area contributed by atoms with Gasteiger partial charge in [0.2, 0.25) is 0 Å². The highest BCUT2D eigenvalue weighted by atomic mass is 35.5. The molecule has 1 aliphatic carbocycles. The Labute approximate surface area is 183 Å². The molecule has 0 radical (unpaired) electrons. The normalized spacial score (nSPS) is 16.0. The van der Waals surface area contributed by atoms with Crippen LogP contribution in [0.15, 0.2) is 54.6 Å². The summed E-state index contributed by atoms with van der Waals surface area (Å²) in [5.74, 6) is -0.0614. The van der Waals surface area contributed by atoms with Gasteiger partial charge in [0.15, 0.2) is 0 Å². The van der Waals surface area contributed by atoms with Gasteiger partial charge in [0, 0.05) is 28.1 Å². The lowest BCUT2D eigenvalue weighted by atomic mass is 9.80. The fourth-order valence-corrected chi connectivity index (χ4v) is 4.73. The highest BCUT2D eigenvalue weighted by Crippen LogP contribution is 2.32. The summed E-state index contributed by atoms with van der Waals surface area (Å²) < 4.78 is 0. The van der Waals surface area contributed by atoms with E-state index in [0.29, 0.717) is 22.8 Å². The molecule has 4 rings (SSSR count). The molecular weight excluding hydrogens is 394 g/mol. The average molecular weight is 422 g/mol. The number of nitrogens with one attached hydrogen (secondary N) is 1. The van der Waals surface area contributed by atoms with E-state index >= 15 is 0 Å². The van der Waals surface area contributed by atoms with E-state index in [4.69, 9.17) is 16.6 Å². The molecule has 156 valence electrons. The minimum absolute atomic E-state index is 0.0301. The van der Waals surface area contributed by atoms with Gasteiger partial charge in [0.25, 0.3) is 5.91 Å². The van der Waals surface area contributed by atoms with Crippen LogP contribution < -0.4 is 5.32 Å². The van der Waals surface area contributed by atoms with Crippen molar-refractivity contribution in [3.63, 3.8) is 0 Å². The highest BCUT2D eigenvalue weighted by Gasteiger charge is 2.34. The Morgan fingerprint density at radius 2 is 1.77 bits per heavy atom. The predicted molar refractivity (Wildman–Crippen MR) is 124 cm³/mol. The Morgan fingerprint density at radius 1 is 1.07 bits per heavy atom. The van der Waals surface area contributed by atoms with Crippen molar-refractivity contribution in [3.8, 4) is 11.3 Å². The van der Waals surface area contributed by atoms with Crippen molar-refractivity contribution < 1.29 is 4.79 Å². The number of para-hydroxylation sites is 1. The van der Waals surface area contributed by atoms with Crippen molar-refractivity contribution in [3.05, 3.63) is 65.2 Å². The van der Waals surface area contributed by atoms with E-state index in [0.717, 1.165) is 29.3 Å². The van der Waals surface area contributed by atoms with Crippen LogP contribution in [0.4, 0.5) is 0 Å². The molecule has 0 aliphatic heterocycles. The number of aromatic nitrogens is 1. The molecule has 0 atom stereocenters. The summed E-state index contributed by atoms with van der Waals surface area (Å²) in [4.78, 5) is 20.4. The molecule has 0 unspecified atom stereocenters. The zero-order chi connectivity index (χ0) is 21.1. The lowest BCUT2D eigenvalue weighted by molar-refractivity contribution is 0.0801. The number of likely N-dealkylation sites (N-methyl/N-ethyl adjacent to an activating group) is 1. The summed E-state index contributed by atoms with van der Waals surface area (Å²) in [6, 6.07) is 17.2. The molecule has 1 heterocycles. The Kier molecular flexibility index (Phi) is 6.07. The second-order valence-electron chi connectivity index (χ2n) is 8.41. The first-order valence-electron chi connectivity index (χ1n) is 10.6. The first-order valence-corrected chi connectivity index (χ1v) is 11.0. The van der Waals surface area contributed by atoms with Crippen molar-refractivity contribution in [2.24, 2.45) is 0 Å². The second-order valence-corrected chi connectivity index (χ2v) is 8.82. The molecule has 2 aromatic carbocycles. The fraction of sp³-hybridized carbons (Fsp3) is 0.360. The highest BCUT2D eigenvalue weighted by molar-refractivity contribution is 6.33. The van der Waals surface area contributed by atoms with Gasteiger partial charge in [0.05, 0.1) is 16.8 Å². The standard InChI is InChI=1S/C25H28ClN3O/c1-29(2)25(14-8-3-9-15-25)17-27-24(30)20-16-23(19-11-4-6-12-21(19)26)28-22-13-7-5-10-18(20)22/h4-7,10-13,16H,3,8-9,14-15,17H2,1-2H3,(H,27,30). The zero-order valence-corrected chi connectivity index (χ0v) is 18.4. The van der Waals surface area contributed by atoms with Crippen LogP contribution in [0.3, 0.4) is 0 Å². The van der Waals surface area contributed by atoms with Crippen LogP contribution in [0.2, 0.25) is 5.02 Å². The summed E-state index contributed by atoms with van der Waals surface area (Å²) in [6.45, 7) is 0.650. The van der Waals surface area contributed by atoms with Crippen LogP contribution >= 0.6 is 11.6 Å². The number of halogens is 1. The Balaban J connectivity index is 1.69. The Hall–Kier alpha value is -2.43. The minimum atomic E-state index is -0.0614. The molecule has 30 heavy (non-hydrogen) atoms. The summed E-state index contributed by atoms with van der Waals surface area (Å²) in [6.07, 6.45) is 5.93. The van der Waals surface area contributed by atoms with Gasteiger partial charge in [-0.15, -0.1) is 0 Å². The maximum atomic E-state index is 13.3. The molecule has 5 heteroatoms. The third-order valence-corrected chi connectivity index (χ3v) is 6.75. The van der Waals surface area contributed by atoms with E-state index in [9.17, 15) is 4.79 Å². The maximum Gasteiger partial charge on any atom is 0.252 e. The summed E-state index contributed by atoms with van der Waals surface area (Å²) >= 11 is 6.41. The van der Waals surface area contributed by atoms with Gasteiger partial charge in [-0.05, 0) is 45.1 Å². The number of pyridine rings is 1. The van der Waals surface area contributed by atoms with E-state index in [1.54, 1.807) is 0 Å². The van der Waals surface area contributed by atoms with Crippen LogP contribution in [-0.2, 0) is 0 Å². The number of benzene rings is 2. The van der Waals surface area contributed by atoms with Gasteiger partial charge < -0.3 is 10.2 Å². The van der Waals surface area contributed by atoms with Crippen molar-refractivity contribution in [1.29, 1.82) is 0 Å². The molecule has 4 nitrogen and oxygen atoms in total. The minimum Gasteiger partial charge on any atom is -0.350 e. The van der Waals surface area contributed by atoms with Crippen molar-refractivity contribution in [2.75, 3.05) is 20.6 Å². The van der Waals surface area contributed by atoms with Crippen LogP contribution in [0, 0.1) is 0 Å². The van der Waals surface area contributed by atoms with Crippen LogP contribution in [-0.4, -0.2) is 42.0 Å². The van der Waals surface area contributed by atoms with Crippen molar-refractivity contribution in [1.82, 2.24) is 15.2 Å². The molecule has 0 bridgehead atoms. The van der Waals surface area contributed by atoms with E-state index in [-0.39, 0.29) is 11.4 Å². The van der Waals surface area contributed by atoms with Gasteiger partial charge >= 0.3 is 0 Å². The largest absolute Gasteiger partial charge is 0.350 e. The molecule has 1 fully saturated rings. The average Bonchev–Trinajstić information content (AvgIpc) is 2.77. The fourth-order valence-electron chi connectivity index (χ4n) is 4.50. The third kappa shape index (κ3) is 4.07. The molecule has 1 saturated carbocycles. The summed E-state index contributed by atoms with van der Waals surface area (Å²) in [7, 11) is 4.24. The number of carbonyl (C=O) groups excluding carboxylic acids is 1. The lowest BCUT2D eigenvalue weighted by Gasteiger charge is -2.43. The Bertz CT molecular complexity index is 1060. The quantitative estimate of drug-likeness (QED) is 0.587. The zero-order valence-electron chi connectivity index (χ0n) is 17.6. The molecule has 1 N–H and O–H groups in total. The van der Waals surface area contributed by atoms with E-state index in [1.165, 1.54) is 19.3 Å². The molecule has 0 spiro atoms. The van der Waals surface area contributed by atoms with E-state index < -0.39 is 0 Å². The number of fused-ring (bicyclic) bond motifs is 1. The van der Waals surface area contributed by atoms with Gasteiger partial charge in [-0.3, -0.25) is 4.79 Å². The number of hydrogen-bond donors (Lipinski definition) is 1. The van der Waals surface area contributed by atoms with Crippen LogP contribution in [0.25, 0.3) is 22.2 Å². The maximum absolute atomic E-state index is 13.3. The first kappa shape index (κ1) is 20.8. The second kappa shape index (κ2) is 8.75.